The van der Waals surface area contributed by atoms with Crippen molar-refractivity contribution < 1.29 is 19.1 Å². The van der Waals surface area contributed by atoms with E-state index in [-0.39, 0.29) is 17.2 Å². The highest BCUT2D eigenvalue weighted by molar-refractivity contribution is 8.14. The van der Waals surface area contributed by atoms with Crippen molar-refractivity contribution in [1.29, 1.82) is 0 Å². The predicted molar refractivity (Wildman–Crippen MR) is 113 cm³/mol. The summed E-state index contributed by atoms with van der Waals surface area (Å²) in [5, 5.41) is 8.26. The Balaban J connectivity index is 1.54. The van der Waals surface area contributed by atoms with Crippen molar-refractivity contribution in [3.8, 4) is 11.5 Å². The van der Waals surface area contributed by atoms with E-state index in [4.69, 9.17) is 9.47 Å². The molecule has 0 spiro atoms. The first-order valence-electron chi connectivity index (χ1n) is 9.17. The number of thioether (sulfide) groups is 1. The van der Waals surface area contributed by atoms with E-state index in [9.17, 15) is 9.59 Å². The summed E-state index contributed by atoms with van der Waals surface area (Å²) < 4.78 is 11.4. The number of hydrazone groups is 1. The molecule has 2 aromatic rings. The maximum Gasteiger partial charge on any atom is 0.241 e. The van der Waals surface area contributed by atoms with Crippen LogP contribution in [-0.2, 0) is 9.59 Å². The van der Waals surface area contributed by atoms with E-state index in [0.29, 0.717) is 24.1 Å². The van der Waals surface area contributed by atoms with Crippen LogP contribution in [0, 0.1) is 6.92 Å². The smallest absolute Gasteiger partial charge is 0.241 e. The standard InChI is InChI=1S/C21H23N3O4S/c1-14-5-4-6-19(13-14)28-12-11-27-18-9-7-17(8-10-18)20-24(16(3)26)23-21(29-20)22-15(2)25/h4-10,13,20H,11-12H2,1-3H3,(H,22,23,25)/t20-/m0/s1. The lowest BCUT2D eigenvalue weighted by Gasteiger charge is -2.19. The van der Waals surface area contributed by atoms with E-state index in [1.54, 1.807) is 0 Å². The molecule has 0 radical (unpaired) electrons. The number of nitrogens with one attached hydrogen (secondary N) is 1. The molecule has 0 aliphatic carbocycles. The van der Waals surface area contributed by atoms with E-state index in [0.717, 1.165) is 16.9 Å². The summed E-state index contributed by atoms with van der Waals surface area (Å²) in [6.45, 7) is 5.73. The fraction of sp³-hybridized carbons (Fsp3) is 0.286. The van der Waals surface area contributed by atoms with Crippen LogP contribution in [-0.4, -0.2) is 35.2 Å². The molecular formula is C21H23N3O4S. The lowest BCUT2D eigenvalue weighted by Crippen LogP contribution is -2.25. The van der Waals surface area contributed by atoms with Crippen LogP contribution in [0.3, 0.4) is 0 Å². The number of ether oxygens (including phenoxy) is 2. The van der Waals surface area contributed by atoms with Crippen LogP contribution in [0.5, 0.6) is 11.5 Å². The summed E-state index contributed by atoms with van der Waals surface area (Å²) in [5.74, 6) is 1.11. The van der Waals surface area contributed by atoms with Crippen LogP contribution in [0.4, 0.5) is 0 Å². The van der Waals surface area contributed by atoms with Gasteiger partial charge in [-0.05, 0) is 42.3 Å². The highest BCUT2D eigenvalue weighted by Crippen LogP contribution is 2.39. The Kier molecular flexibility index (Phi) is 6.77. The number of hydrogen-bond donors (Lipinski definition) is 1. The molecule has 0 fully saturated rings. The second-order valence-electron chi connectivity index (χ2n) is 6.50. The highest BCUT2D eigenvalue weighted by Gasteiger charge is 2.32. The number of rotatable bonds is 6. The molecule has 2 aromatic carbocycles. The minimum absolute atomic E-state index is 0.198. The van der Waals surface area contributed by atoms with E-state index in [1.807, 2.05) is 55.5 Å². The number of aryl methyl sites for hydroxylation is 1. The largest absolute Gasteiger partial charge is 0.490 e. The molecule has 0 aromatic heterocycles. The van der Waals surface area contributed by atoms with Gasteiger partial charge in [0.05, 0.1) is 0 Å². The Morgan fingerprint density at radius 1 is 1.07 bits per heavy atom. The van der Waals surface area contributed by atoms with Gasteiger partial charge in [-0.25, -0.2) is 5.01 Å². The zero-order valence-corrected chi connectivity index (χ0v) is 17.4. The van der Waals surface area contributed by atoms with Gasteiger partial charge in [0.2, 0.25) is 11.8 Å². The van der Waals surface area contributed by atoms with Crippen LogP contribution < -0.4 is 14.8 Å². The van der Waals surface area contributed by atoms with Crippen molar-refractivity contribution >= 4 is 28.7 Å². The fourth-order valence-corrected chi connectivity index (χ4v) is 3.87. The summed E-state index contributed by atoms with van der Waals surface area (Å²) in [6, 6.07) is 15.3. The summed E-state index contributed by atoms with van der Waals surface area (Å²) >= 11 is 1.32. The maximum atomic E-state index is 11.9. The van der Waals surface area contributed by atoms with Gasteiger partial charge in [0.15, 0.2) is 5.17 Å². The minimum Gasteiger partial charge on any atom is -0.490 e. The third kappa shape index (κ3) is 5.74. The van der Waals surface area contributed by atoms with Crippen LogP contribution in [0.1, 0.15) is 30.3 Å². The molecule has 7 nitrogen and oxygen atoms in total. The van der Waals surface area contributed by atoms with Crippen molar-refractivity contribution in [2.24, 2.45) is 5.10 Å². The summed E-state index contributed by atoms with van der Waals surface area (Å²) in [7, 11) is 0. The molecule has 0 saturated carbocycles. The maximum absolute atomic E-state index is 11.9. The van der Waals surface area contributed by atoms with Crippen LogP contribution >= 0.6 is 11.8 Å². The van der Waals surface area contributed by atoms with Gasteiger partial charge in [0.25, 0.3) is 0 Å². The second-order valence-corrected chi connectivity index (χ2v) is 7.57. The average Bonchev–Trinajstić information content (AvgIpc) is 3.09. The number of hydrogen-bond acceptors (Lipinski definition) is 6. The van der Waals surface area contributed by atoms with Gasteiger partial charge in [-0.3, -0.25) is 9.59 Å². The molecule has 0 bridgehead atoms. The number of carbonyl (C=O) groups excluding carboxylic acids is 2. The summed E-state index contributed by atoms with van der Waals surface area (Å²) in [4.78, 5) is 23.2. The zero-order valence-electron chi connectivity index (χ0n) is 16.5. The first kappa shape index (κ1) is 20.7. The molecule has 29 heavy (non-hydrogen) atoms. The van der Waals surface area contributed by atoms with Crippen molar-refractivity contribution in [1.82, 2.24) is 10.3 Å². The molecule has 8 heteroatoms. The van der Waals surface area contributed by atoms with Gasteiger partial charge >= 0.3 is 0 Å². The van der Waals surface area contributed by atoms with Gasteiger partial charge in [-0.2, -0.15) is 0 Å². The molecular weight excluding hydrogens is 390 g/mol. The van der Waals surface area contributed by atoms with E-state index in [1.165, 1.54) is 30.6 Å². The molecule has 0 unspecified atom stereocenters. The molecule has 3 rings (SSSR count). The van der Waals surface area contributed by atoms with Gasteiger partial charge in [0, 0.05) is 13.8 Å². The van der Waals surface area contributed by atoms with E-state index in [2.05, 4.69) is 10.4 Å². The van der Waals surface area contributed by atoms with Crippen molar-refractivity contribution in [3.63, 3.8) is 0 Å². The Morgan fingerprint density at radius 3 is 2.38 bits per heavy atom. The third-order valence-corrected chi connectivity index (χ3v) is 5.13. The Bertz CT molecular complexity index is 914. The minimum atomic E-state index is -0.326. The SMILES string of the molecule is CC(=O)NC1=NN(C(C)=O)[C@H](c2ccc(OCCOc3cccc(C)c3)cc2)S1. The first-order valence-corrected chi connectivity index (χ1v) is 10.1. The van der Waals surface area contributed by atoms with Crippen LogP contribution in [0.15, 0.2) is 53.6 Å². The average molecular weight is 413 g/mol. The van der Waals surface area contributed by atoms with Crippen molar-refractivity contribution in [2.75, 3.05) is 13.2 Å². The Hall–Kier alpha value is -3.00. The van der Waals surface area contributed by atoms with Gasteiger partial charge in [0.1, 0.15) is 30.1 Å². The topological polar surface area (TPSA) is 80.2 Å². The van der Waals surface area contributed by atoms with Crippen molar-refractivity contribution in [3.05, 3.63) is 59.7 Å². The predicted octanol–water partition coefficient (Wildman–Crippen LogP) is 3.45. The summed E-state index contributed by atoms with van der Waals surface area (Å²) in [5.41, 5.74) is 2.03. The molecule has 1 heterocycles. The molecule has 1 aliphatic rings. The molecule has 0 saturated heterocycles. The van der Waals surface area contributed by atoms with Crippen molar-refractivity contribution in [2.45, 2.75) is 26.1 Å². The third-order valence-electron chi connectivity index (χ3n) is 4.03. The quantitative estimate of drug-likeness (QED) is 0.734. The number of amides is 2. The Morgan fingerprint density at radius 2 is 1.76 bits per heavy atom. The number of benzene rings is 2. The fourth-order valence-electron chi connectivity index (χ4n) is 2.73. The highest BCUT2D eigenvalue weighted by atomic mass is 32.2. The summed E-state index contributed by atoms with van der Waals surface area (Å²) in [6.07, 6.45) is 0. The molecule has 2 amide bonds. The van der Waals surface area contributed by atoms with E-state index >= 15 is 0 Å². The number of carbonyl (C=O) groups is 2. The number of nitrogens with zero attached hydrogens (tertiary/aromatic N) is 2. The zero-order chi connectivity index (χ0) is 20.8. The lowest BCUT2D eigenvalue weighted by molar-refractivity contribution is -0.129. The monoisotopic (exact) mass is 413 g/mol. The lowest BCUT2D eigenvalue weighted by atomic mass is 10.2. The Labute approximate surface area is 174 Å². The molecule has 1 aliphatic heterocycles. The van der Waals surface area contributed by atoms with Gasteiger partial charge < -0.3 is 14.8 Å². The van der Waals surface area contributed by atoms with Gasteiger partial charge in [-0.1, -0.05) is 36.0 Å². The molecule has 1 N–H and O–H groups in total. The van der Waals surface area contributed by atoms with Crippen LogP contribution in [0.25, 0.3) is 0 Å². The first-order chi connectivity index (χ1) is 13.9. The second kappa shape index (κ2) is 9.47. The van der Waals surface area contributed by atoms with E-state index < -0.39 is 0 Å². The number of amidine groups is 1. The molecule has 1 atom stereocenters. The molecule has 152 valence electrons. The normalized spacial score (nSPS) is 15.6. The van der Waals surface area contributed by atoms with Gasteiger partial charge in [-0.15, -0.1) is 5.10 Å². The van der Waals surface area contributed by atoms with Crippen LogP contribution in [0.2, 0.25) is 0 Å².